The van der Waals surface area contributed by atoms with Crippen LogP contribution < -0.4 is 0 Å². The summed E-state index contributed by atoms with van der Waals surface area (Å²) in [6.07, 6.45) is 5.17. The van der Waals surface area contributed by atoms with Crippen LogP contribution in [0.5, 0.6) is 0 Å². The molecule has 7 heteroatoms. The first-order valence-corrected chi connectivity index (χ1v) is 11.9. The number of nitrogens with zero attached hydrogens (tertiary/aromatic N) is 2. The van der Waals surface area contributed by atoms with Crippen molar-refractivity contribution in [1.29, 1.82) is 0 Å². The van der Waals surface area contributed by atoms with Crippen molar-refractivity contribution in [3.63, 3.8) is 0 Å². The van der Waals surface area contributed by atoms with Gasteiger partial charge in [-0.1, -0.05) is 0 Å². The highest BCUT2D eigenvalue weighted by molar-refractivity contribution is 7.78. The lowest BCUT2D eigenvalue weighted by Crippen LogP contribution is -2.64. The molecular formula is C22H33ClN2O2S2. The monoisotopic (exact) mass is 456 g/mol. The number of fused-ring (bicyclic) bond motifs is 1. The molecule has 0 aromatic rings. The van der Waals surface area contributed by atoms with E-state index in [1.807, 2.05) is 6.92 Å². The average molecular weight is 457 g/mol. The number of halogens is 1. The molecule has 8 atom stereocenters. The summed E-state index contributed by atoms with van der Waals surface area (Å²) in [7, 11) is 0. The van der Waals surface area contributed by atoms with Gasteiger partial charge in [-0.3, -0.25) is 0 Å². The van der Waals surface area contributed by atoms with E-state index >= 15 is 0 Å². The van der Waals surface area contributed by atoms with Crippen LogP contribution in [-0.2, 0) is 4.74 Å². The lowest BCUT2D eigenvalue weighted by molar-refractivity contribution is -0.220. The lowest BCUT2D eigenvalue weighted by atomic mass is 9.51. The molecule has 0 unspecified atom stereocenters. The number of rotatable bonds is 3. The number of hydrogen-bond donors (Lipinski definition) is 1. The van der Waals surface area contributed by atoms with Gasteiger partial charge in [0.25, 0.3) is 0 Å². The summed E-state index contributed by atoms with van der Waals surface area (Å²) in [6, 6.07) is -0.332. The average Bonchev–Trinajstić information content (AvgIpc) is 2.61. The van der Waals surface area contributed by atoms with Crippen LogP contribution in [0.4, 0.5) is 0 Å². The van der Waals surface area contributed by atoms with E-state index in [9.17, 15) is 5.11 Å². The number of aliphatic hydroxyl groups is 1. The van der Waals surface area contributed by atoms with Gasteiger partial charge in [0.2, 0.25) is 0 Å². The topological polar surface area (TPSA) is 54.2 Å². The molecule has 162 valence electrons. The van der Waals surface area contributed by atoms with Crippen LogP contribution in [0.2, 0.25) is 0 Å². The van der Waals surface area contributed by atoms with Crippen LogP contribution in [-0.4, -0.2) is 49.2 Å². The Balaban J connectivity index is 2.08. The first-order chi connectivity index (χ1) is 13.4. The molecule has 29 heavy (non-hydrogen) atoms. The first kappa shape index (κ1) is 23.5. The molecule has 3 fully saturated rings. The fourth-order valence-electron chi connectivity index (χ4n) is 6.45. The Kier molecular flexibility index (Phi) is 6.52. The Morgan fingerprint density at radius 3 is 2.21 bits per heavy atom. The number of thiocarbonyl (C=S) groups is 2. The van der Waals surface area contributed by atoms with Gasteiger partial charge < -0.3 is 9.84 Å². The highest BCUT2D eigenvalue weighted by Crippen LogP contribution is 2.58. The minimum atomic E-state index is -0.930. The largest absolute Gasteiger partial charge is 0.388 e. The van der Waals surface area contributed by atoms with E-state index in [4.69, 9.17) is 40.8 Å². The van der Waals surface area contributed by atoms with Crippen LogP contribution in [0.15, 0.2) is 9.98 Å². The van der Waals surface area contributed by atoms with Gasteiger partial charge in [0.1, 0.15) is 0 Å². The van der Waals surface area contributed by atoms with Gasteiger partial charge in [0.15, 0.2) is 0 Å². The van der Waals surface area contributed by atoms with Crippen LogP contribution in [0.3, 0.4) is 0 Å². The molecule has 0 amide bonds. The van der Waals surface area contributed by atoms with Crippen LogP contribution in [0.1, 0.15) is 73.1 Å². The third-order valence-corrected chi connectivity index (χ3v) is 9.02. The Hall–Kier alpha value is -0.190. The third kappa shape index (κ3) is 4.15. The van der Waals surface area contributed by atoms with Gasteiger partial charge in [-0.25, -0.2) is 9.98 Å². The molecule has 4 nitrogen and oxygen atoms in total. The molecule has 1 N–H and O–H groups in total. The van der Waals surface area contributed by atoms with Gasteiger partial charge in [-0.05, 0) is 115 Å². The molecule has 0 bridgehead atoms. The highest BCUT2D eigenvalue weighted by Gasteiger charge is 2.61. The van der Waals surface area contributed by atoms with E-state index in [0.29, 0.717) is 6.42 Å². The predicted octanol–water partition coefficient (Wildman–Crippen LogP) is 5.46. The normalized spacial score (nSPS) is 49.3. The Morgan fingerprint density at radius 1 is 0.966 bits per heavy atom. The SMILES string of the molecule is CC1(C)O[C@](C)([C@@H]2CC[C@@](C)(N=C=S)[C@@H]3CC[C@](C)(O)[C@@H](N=C=S)[C@H]32)CC[C@H]1Cl. The number of hydrogen-bond acceptors (Lipinski definition) is 6. The maximum Gasteiger partial charge on any atom is 0.0922 e. The van der Waals surface area contributed by atoms with Crippen molar-refractivity contribution in [2.24, 2.45) is 27.7 Å². The van der Waals surface area contributed by atoms with Crippen molar-refractivity contribution in [3.05, 3.63) is 0 Å². The lowest BCUT2D eigenvalue weighted by Gasteiger charge is -2.60. The van der Waals surface area contributed by atoms with Gasteiger partial charge >= 0.3 is 0 Å². The molecule has 0 spiro atoms. The summed E-state index contributed by atoms with van der Waals surface area (Å²) >= 11 is 16.5. The summed E-state index contributed by atoms with van der Waals surface area (Å²) < 4.78 is 6.72. The van der Waals surface area contributed by atoms with Crippen molar-refractivity contribution in [1.82, 2.24) is 0 Å². The standard InChI is InChI=1S/C22H33ClN2O2S2/c1-19(2)16(23)8-11-22(5,27-19)15-6-9-20(3,25-13-29)14-7-10-21(4,26)18(17(14)15)24-12-28/h14-18,26H,6-11H2,1-5H3/t14-,15-,16-,17-,18+,20-,21+,22+/m1/s1. The fourth-order valence-corrected chi connectivity index (χ4v) is 6.93. The van der Waals surface area contributed by atoms with Gasteiger partial charge in [-0.15, -0.1) is 11.6 Å². The van der Waals surface area contributed by atoms with Crippen LogP contribution >= 0.6 is 36.0 Å². The Morgan fingerprint density at radius 2 is 1.62 bits per heavy atom. The van der Waals surface area contributed by atoms with E-state index in [2.05, 4.69) is 48.0 Å². The molecule has 1 heterocycles. The van der Waals surface area contributed by atoms with Crippen molar-refractivity contribution in [3.8, 4) is 0 Å². The zero-order valence-corrected chi connectivity index (χ0v) is 20.5. The summed E-state index contributed by atoms with van der Waals surface area (Å²) in [5.41, 5.74) is -1.98. The molecule has 1 aliphatic heterocycles. The zero-order valence-electron chi connectivity index (χ0n) is 18.1. The van der Waals surface area contributed by atoms with Gasteiger partial charge in [-0.2, -0.15) is 0 Å². The summed E-state index contributed by atoms with van der Waals surface area (Å²) in [5.74, 6) is 0.521. The van der Waals surface area contributed by atoms with Gasteiger partial charge in [0.05, 0.1) is 44.1 Å². The third-order valence-electron chi connectivity index (χ3n) is 8.07. The smallest absolute Gasteiger partial charge is 0.0922 e. The minimum Gasteiger partial charge on any atom is -0.388 e. The number of isothiocyanates is 2. The number of aliphatic imine (C=N–C) groups is 2. The second-order valence-corrected chi connectivity index (χ2v) is 11.4. The van der Waals surface area contributed by atoms with Crippen LogP contribution in [0.25, 0.3) is 0 Å². The maximum absolute atomic E-state index is 11.2. The molecule has 0 aromatic heterocycles. The van der Waals surface area contributed by atoms with Crippen molar-refractivity contribution in [2.75, 3.05) is 0 Å². The minimum absolute atomic E-state index is 0.0103. The molecular weight excluding hydrogens is 424 g/mol. The van der Waals surface area contributed by atoms with E-state index < -0.39 is 11.2 Å². The van der Waals surface area contributed by atoms with E-state index in [1.165, 1.54) is 0 Å². The molecule has 0 radical (unpaired) electrons. The second-order valence-electron chi connectivity index (χ2n) is 10.5. The van der Waals surface area contributed by atoms with Crippen molar-refractivity contribution in [2.45, 2.75) is 107 Å². The highest BCUT2D eigenvalue weighted by atomic mass is 35.5. The summed E-state index contributed by atoms with van der Waals surface area (Å²) in [5, 5.41) is 16.4. The number of ether oxygens (including phenoxy) is 1. The van der Waals surface area contributed by atoms with E-state index in [1.54, 1.807) is 0 Å². The molecule has 2 aliphatic carbocycles. The molecule has 2 saturated carbocycles. The Labute approximate surface area is 190 Å². The maximum atomic E-state index is 11.2. The van der Waals surface area contributed by atoms with Crippen molar-refractivity contribution >= 4 is 46.4 Å². The molecule has 3 aliphatic rings. The zero-order chi connectivity index (χ0) is 21.7. The fraction of sp³-hybridized carbons (Fsp3) is 0.909. The quantitative estimate of drug-likeness (QED) is 0.348. The van der Waals surface area contributed by atoms with Gasteiger partial charge in [0, 0.05) is 0 Å². The molecule has 0 aromatic carbocycles. The van der Waals surface area contributed by atoms with Crippen LogP contribution in [0, 0.1) is 17.8 Å². The summed E-state index contributed by atoms with van der Waals surface area (Å²) in [4.78, 5) is 9.14. The Bertz CT molecular complexity index is 747. The molecule has 3 rings (SSSR count). The second kappa shape index (κ2) is 8.06. The predicted molar refractivity (Wildman–Crippen MR) is 124 cm³/mol. The molecule has 1 saturated heterocycles. The van der Waals surface area contributed by atoms with E-state index in [0.717, 1.165) is 32.1 Å². The number of alkyl halides is 1. The first-order valence-electron chi connectivity index (χ1n) is 10.6. The summed E-state index contributed by atoms with van der Waals surface area (Å²) in [6.45, 7) is 10.4. The van der Waals surface area contributed by atoms with E-state index in [-0.39, 0.29) is 40.3 Å². The van der Waals surface area contributed by atoms with Crippen molar-refractivity contribution < 1.29 is 9.84 Å².